The van der Waals surface area contributed by atoms with Gasteiger partial charge >= 0.3 is 6.18 Å². The normalized spacial score (nSPS) is 11.1. The number of benzene rings is 1. The largest absolute Gasteiger partial charge is 0.454 e. The molecule has 14 heavy (non-hydrogen) atoms. The van der Waals surface area contributed by atoms with E-state index in [4.69, 9.17) is 5.84 Å². The number of rotatable bonds is 2. The van der Waals surface area contributed by atoms with E-state index >= 15 is 0 Å². The van der Waals surface area contributed by atoms with Gasteiger partial charge in [-0.25, -0.2) is 0 Å². The second-order valence-corrected chi connectivity index (χ2v) is 2.52. The Morgan fingerprint density at radius 1 is 1.29 bits per heavy atom. The van der Waals surface area contributed by atoms with E-state index < -0.39 is 17.5 Å². The van der Waals surface area contributed by atoms with Gasteiger partial charge in [0, 0.05) is 0 Å². The van der Waals surface area contributed by atoms with Crippen LogP contribution in [0.5, 0.6) is 0 Å². The highest BCUT2D eigenvalue weighted by Crippen LogP contribution is 2.25. The van der Waals surface area contributed by atoms with Gasteiger partial charge in [-0.2, -0.15) is 13.2 Å². The van der Waals surface area contributed by atoms with E-state index in [2.05, 4.69) is 0 Å². The van der Waals surface area contributed by atoms with E-state index in [1.54, 1.807) is 0 Å². The zero-order valence-electron chi connectivity index (χ0n) is 6.93. The molecule has 3 N–H and O–H groups in total. The third-order valence-electron chi connectivity index (χ3n) is 1.58. The summed E-state index contributed by atoms with van der Waals surface area (Å²) in [6.45, 7) is 0. The molecule has 0 saturated heterocycles. The summed E-state index contributed by atoms with van der Waals surface area (Å²) in [7, 11) is 0. The summed E-state index contributed by atoms with van der Waals surface area (Å²) in [5, 5.41) is 0. The molecule has 0 radical (unpaired) electrons. The minimum Gasteiger partial charge on any atom is -0.323 e. The number of anilines is 1. The van der Waals surface area contributed by atoms with Crippen LogP contribution in [0.4, 0.5) is 18.9 Å². The number of halogens is 3. The second kappa shape index (κ2) is 3.67. The molecular weight excluding hydrogens is 197 g/mol. The molecule has 0 bridgehead atoms. The molecule has 1 rings (SSSR count). The third kappa shape index (κ3) is 2.02. The number of ketones is 1. The van der Waals surface area contributed by atoms with Crippen LogP contribution in [-0.4, -0.2) is 12.0 Å². The molecule has 6 heteroatoms. The number of hydrogen-bond acceptors (Lipinski definition) is 3. The maximum Gasteiger partial charge on any atom is 0.454 e. The van der Waals surface area contributed by atoms with Gasteiger partial charge in [0.15, 0.2) is 0 Å². The predicted octanol–water partition coefficient (Wildman–Crippen LogP) is 1.72. The predicted molar refractivity (Wildman–Crippen MR) is 44.6 cm³/mol. The van der Waals surface area contributed by atoms with Gasteiger partial charge in [-0.3, -0.25) is 10.6 Å². The summed E-state index contributed by atoms with van der Waals surface area (Å²) >= 11 is 0. The van der Waals surface area contributed by atoms with Crippen molar-refractivity contribution in [3.05, 3.63) is 29.8 Å². The van der Waals surface area contributed by atoms with E-state index in [9.17, 15) is 18.0 Å². The van der Waals surface area contributed by atoms with Crippen LogP contribution in [0, 0.1) is 0 Å². The van der Waals surface area contributed by atoms with Crippen molar-refractivity contribution in [3.8, 4) is 0 Å². The number of para-hydroxylation sites is 1. The maximum absolute atomic E-state index is 12.0. The van der Waals surface area contributed by atoms with Crippen LogP contribution in [0.1, 0.15) is 10.4 Å². The van der Waals surface area contributed by atoms with E-state index in [-0.39, 0.29) is 5.69 Å². The highest BCUT2D eigenvalue weighted by Gasteiger charge is 2.40. The van der Waals surface area contributed by atoms with E-state index in [0.29, 0.717) is 0 Å². The number of hydrazine groups is 1. The molecule has 0 atom stereocenters. The summed E-state index contributed by atoms with van der Waals surface area (Å²) in [6.07, 6.45) is -4.88. The van der Waals surface area contributed by atoms with Gasteiger partial charge < -0.3 is 5.43 Å². The number of alkyl halides is 3. The molecule has 76 valence electrons. The van der Waals surface area contributed by atoms with Gasteiger partial charge in [0.2, 0.25) is 0 Å². The summed E-state index contributed by atoms with van der Waals surface area (Å²) in [5.74, 6) is 3.05. The number of nitrogens with one attached hydrogen (secondary N) is 1. The molecule has 0 aromatic heterocycles. The fourth-order valence-corrected chi connectivity index (χ4v) is 0.960. The molecule has 0 aliphatic rings. The van der Waals surface area contributed by atoms with Crippen molar-refractivity contribution < 1.29 is 18.0 Å². The van der Waals surface area contributed by atoms with Crippen molar-refractivity contribution in [3.63, 3.8) is 0 Å². The second-order valence-electron chi connectivity index (χ2n) is 2.52. The lowest BCUT2D eigenvalue weighted by molar-refractivity contribution is -0.0884. The lowest BCUT2D eigenvalue weighted by Crippen LogP contribution is -2.24. The highest BCUT2D eigenvalue weighted by molar-refractivity contribution is 6.04. The van der Waals surface area contributed by atoms with Crippen molar-refractivity contribution in [1.82, 2.24) is 0 Å². The molecule has 3 nitrogen and oxygen atoms in total. The zero-order chi connectivity index (χ0) is 10.8. The van der Waals surface area contributed by atoms with E-state index in [1.807, 2.05) is 5.43 Å². The van der Waals surface area contributed by atoms with Crippen molar-refractivity contribution in [1.29, 1.82) is 0 Å². The first-order valence-corrected chi connectivity index (χ1v) is 3.64. The highest BCUT2D eigenvalue weighted by atomic mass is 19.4. The van der Waals surface area contributed by atoms with E-state index in [1.165, 1.54) is 18.2 Å². The number of carbonyl (C=O) groups is 1. The van der Waals surface area contributed by atoms with Gasteiger partial charge in [0.05, 0.1) is 11.3 Å². The van der Waals surface area contributed by atoms with Gasteiger partial charge in [0.25, 0.3) is 5.78 Å². The number of hydrogen-bond donors (Lipinski definition) is 2. The van der Waals surface area contributed by atoms with Crippen molar-refractivity contribution >= 4 is 11.5 Å². The molecule has 0 amide bonds. The van der Waals surface area contributed by atoms with Gasteiger partial charge in [-0.05, 0) is 12.1 Å². The minimum absolute atomic E-state index is 0.0465. The van der Waals surface area contributed by atoms with E-state index in [0.717, 1.165) is 6.07 Å². The van der Waals surface area contributed by atoms with Gasteiger partial charge in [-0.15, -0.1) is 0 Å². The van der Waals surface area contributed by atoms with Crippen LogP contribution in [-0.2, 0) is 0 Å². The average Bonchev–Trinajstić information content (AvgIpc) is 2.15. The van der Waals surface area contributed by atoms with Crippen LogP contribution in [0.2, 0.25) is 0 Å². The average molecular weight is 204 g/mol. The third-order valence-corrected chi connectivity index (χ3v) is 1.58. The summed E-state index contributed by atoms with van der Waals surface area (Å²) < 4.78 is 36.1. The minimum atomic E-state index is -4.88. The Kier molecular flexibility index (Phi) is 2.76. The Hall–Kier alpha value is -1.56. The van der Waals surface area contributed by atoms with Crippen LogP contribution >= 0.6 is 0 Å². The Balaban J connectivity index is 3.13. The van der Waals surface area contributed by atoms with Crippen LogP contribution in [0.3, 0.4) is 0 Å². The summed E-state index contributed by atoms with van der Waals surface area (Å²) in [5.41, 5.74) is 1.50. The summed E-state index contributed by atoms with van der Waals surface area (Å²) in [4.78, 5) is 10.8. The monoisotopic (exact) mass is 204 g/mol. The lowest BCUT2D eigenvalue weighted by atomic mass is 10.1. The quantitative estimate of drug-likeness (QED) is 0.438. The van der Waals surface area contributed by atoms with Crippen molar-refractivity contribution in [2.24, 2.45) is 5.84 Å². The van der Waals surface area contributed by atoms with Gasteiger partial charge in [-0.1, -0.05) is 12.1 Å². The summed E-state index contributed by atoms with van der Waals surface area (Å²) in [6, 6.07) is 5.16. The molecule has 0 aliphatic heterocycles. The molecule has 0 fully saturated rings. The molecule has 0 saturated carbocycles. The molecular formula is C8H7F3N2O. The standard InChI is InChI=1S/C8H7F3N2O/c9-8(10,11)7(14)5-3-1-2-4-6(5)13-12/h1-4,13H,12H2. The fourth-order valence-electron chi connectivity index (χ4n) is 0.960. The Morgan fingerprint density at radius 3 is 2.36 bits per heavy atom. The zero-order valence-corrected chi connectivity index (χ0v) is 6.93. The van der Waals surface area contributed by atoms with Crippen molar-refractivity contribution in [2.75, 3.05) is 5.43 Å². The maximum atomic E-state index is 12.0. The number of nitrogens with two attached hydrogens (primary N) is 1. The number of carbonyl (C=O) groups excluding carboxylic acids is 1. The first-order chi connectivity index (χ1) is 6.46. The first kappa shape index (κ1) is 10.5. The fraction of sp³-hybridized carbons (Fsp3) is 0.125. The van der Waals surface area contributed by atoms with Gasteiger partial charge in [0.1, 0.15) is 0 Å². The Labute approximate surface area is 77.7 Å². The molecule has 1 aromatic rings. The SMILES string of the molecule is NNc1ccccc1C(=O)C(F)(F)F. The topological polar surface area (TPSA) is 55.1 Å². The number of Topliss-reactive ketones (excluding diaryl/α,β-unsaturated/α-hetero) is 1. The van der Waals surface area contributed by atoms with Crippen LogP contribution < -0.4 is 11.3 Å². The lowest BCUT2D eigenvalue weighted by Gasteiger charge is -2.09. The van der Waals surface area contributed by atoms with Crippen LogP contribution in [0.25, 0.3) is 0 Å². The van der Waals surface area contributed by atoms with Crippen molar-refractivity contribution in [2.45, 2.75) is 6.18 Å². The molecule has 0 unspecified atom stereocenters. The van der Waals surface area contributed by atoms with Crippen LogP contribution in [0.15, 0.2) is 24.3 Å². The molecule has 0 spiro atoms. The molecule has 0 heterocycles. The first-order valence-electron chi connectivity index (χ1n) is 3.64. The molecule has 0 aliphatic carbocycles. The number of nitrogen functional groups attached to an aromatic ring is 1. The Morgan fingerprint density at radius 2 is 1.86 bits per heavy atom. The Bertz CT molecular complexity index is 349. The molecule has 1 aromatic carbocycles. The smallest absolute Gasteiger partial charge is 0.323 e.